The second-order valence-corrected chi connectivity index (χ2v) is 6.34. The lowest BCUT2D eigenvalue weighted by Gasteiger charge is -2.27. The van der Waals surface area contributed by atoms with E-state index in [4.69, 9.17) is 9.47 Å². The summed E-state index contributed by atoms with van der Waals surface area (Å²) in [5, 5.41) is 14.3. The smallest absolute Gasteiger partial charge is 0.160 e. The highest BCUT2D eigenvalue weighted by molar-refractivity contribution is 5.43. The number of ether oxygens (including phenoxy) is 2. The predicted molar refractivity (Wildman–Crippen MR) is 102 cm³/mol. The van der Waals surface area contributed by atoms with Gasteiger partial charge in [0.15, 0.2) is 11.5 Å². The first-order valence-electron chi connectivity index (χ1n) is 8.71. The van der Waals surface area contributed by atoms with E-state index >= 15 is 0 Å². The number of nitrogens with zero attached hydrogens (tertiary/aromatic N) is 4. The molecule has 0 amide bonds. The second-order valence-electron chi connectivity index (χ2n) is 6.34. The molecule has 2 aromatic carbocycles. The van der Waals surface area contributed by atoms with Crippen LogP contribution in [0.25, 0.3) is 0 Å². The molecular weight excluding hydrogens is 340 g/mol. The Kier molecular flexibility index (Phi) is 5.72. The highest BCUT2D eigenvalue weighted by Crippen LogP contribution is 2.33. The maximum Gasteiger partial charge on any atom is 0.160 e. The standard InChI is InChI=1S/C21H22N4O2/c1-26-19-9-8-17(12-20(19)27-2)10-11-21(13-22,14-25-16-23-15-24-25)18-6-4-3-5-7-18/h3-9,12,15-16H,10-11,14H2,1-2H3. The van der Waals surface area contributed by atoms with Crippen molar-refractivity contribution in [2.75, 3.05) is 14.2 Å². The molecule has 1 aromatic heterocycles. The number of benzene rings is 2. The van der Waals surface area contributed by atoms with E-state index in [1.165, 1.54) is 6.33 Å². The summed E-state index contributed by atoms with van der Waals surface area (Å²) in [5.74, 6) is 1.38. The van der Waals surface area contributed by atoms with Gasteiger partial charge >= 0.3 is 0 Å². The fourth-order valence-corrected chi connectivity index (χ4v) is 3.21. The first kappa shape index (κ1) is 18.5. The number of nitriles is 1. The average molecular weight is 362 g/mol. The minimum Gasteiger partial charge on any atom is -0.493 e. The lowest BCUT2D eigenvalue weighted by Crippen LogP contribution is -2.31. The van der Waals surface area contributed by atoms with Gasteiger partial charge < -0.3 is 9.47 Å². The molecule has 0 aliphatic rings. The molecule has 1 heterocycles. The van der Waals surface area contributed by atoms with Gasteiger partial charge in [-0.3, -0.25) is 4.68 Å². The summed E-state index contributed by atoms with van der Waals surface area (Å²) >= 11 is 0. The Hall–Kier alpha value is -3.33. The van der Waals surface area contributed by atoms with E-state index in [2.05, 4.69) is 16.2 Å². The van der Waals surface area contributed by atoms with Gasteiger partial charge in [-0.2, -0.15) is 10.4 Å². The predicted octanol–water partition coefficient (Wildman–Crippen LogP) is 3.39. The van der Waals surface area contributed by atoms with Crippen LogP contribution in [0.15, 0.2) is 61.2 Å². The van der Waals surface area contributed by atoms with Crippen molar-refractivity contribution in [1.29, 1.82) is 5.26 Å². The van der Waals surface area contributed by atoms with Gasteiger partial charge in [0.2, 0.25) is 0 Å². The van der Waals surface area contributed by atoms with Crippen molar-refractivity contribution in [1.82, 2.24) is 14.8 Å². The quantitative estimate of drug-likeness (QED) is 0.614. The molecular formula is C21H22N4O2. The maximum absolute atomic E-state index is 10.1. The summed E-state index contributed by atoms with van der Waals surface area (Å²) < 4.78 is 12.4. The fourth-order valence-electron chi connectivity index (χ4n) is 3.21. The molecule has 0 N–H and O–H groups in total. The number of methoxy groups -OCH3 is 2. The van der Waals surface area contributed by atoms with E-state index in [0.717, 1.165) is 17.5 Å². The van der Waals surface area contributed by atoms with Crippen LogP contribution in [0, 0.1) is 11.3 Å². The van der Waals surface area contributed by atoms with Crippen molar-refractivity contribution in [3.63, 3.8) is 0 Å². The van der Waals surface area contributed by atoms with E-state index in [0.29, 0.717) is 24.5 Å². The van der Waals surface area contributed by atoms with E-state index in [9.17, 15) is 5.26 Å². The van der Waals surface area contributed by atoms with Crippen LogP contribution in [0.4, 0.5) is 0 Å². The van der Waals surface area contributed by atoms with Gasteiger partial charge in [-0.1, -0.05) is 36.4 Å². The maximum atomic E-state index is 10.1. The Balaban J connectivity index is 1.89. The van der Waals surface area contributed by atoms with Crippen LogP contribution < -0.4 is 9.47 Å². The first-order valence-corrected chi connectivity index (χ1v) is 8.71. The average Bonchev–Trinajstić information content (AvgIpc) is 3.24. The van der Waals surface area contributed by atoms with Crippen molar-refractivity contribution in [2.24, 2.45) is 0 Å². The monoisotopic (exact) mass is 362 g/mol. The van der Waals surface area contributed by atoms with Crippen LogP contribution in [-0.4, -0.2) is 29.0 Å². The molecule has 0 aliphatic heterocycles. The van der Waals surface area contributed by atoms with Gasteiger partial charge in [-0.05, 0) is 36.1 Å². The van der Waals surface area contributed by atoms with Gasteiger partial charge in [0, 0.05) is 0 Å². The summed E-state index contributed by atoms with van der Waals surface area (Å²) in [6, 6.07) is 18.3. The zero-order valence-electron chi connectivity index (χ0n) is 15.5. The van der Waals surface area contributed by atoms with E-state index in [1.54, 1.807) is 25.2 Å². The number of aryl methyl sites for hydroxylation is 1. The number of hydrogen-bond acceptors (Lipinski definition) is 5. The number of rotatable bonds is 8. The summed E-state index contributed by atoms with van der Waals surface area (Å²) in [6.07, 6.45) is 4.49. The molecule has 6 nitrogen and oxygen atoms in total. The molecule has 6 heteroatoms. The molecule has 0 bridgehead atoms. The first-order chi connectivity index (χ1) is 13.2. The molecule has 1 unspecified atom stereocenters. The van der Waals surface area contributed by atoms with Gasteiger partial charge in [0.05, 0.1) is 26.8 Å². The third-order valence-corrected chi connectivity index (χ3v) is 4.73. The molecule has 3 aromatic rings. The Morgan fingerprint density at radius 2 is 1.85 bits per heavy atom. The van der Waals surface area contributed by atoms with Crippen LogP contribution in [0.2, 0.25) is 0 Å². The Labute approximate surface area is 159 Å². The SMILES string of the molecule is COc1ccc(CCC(C#N)(Cn2cncn2)c2ccccc2)cc1OC. The Morgan fingerprint density at radius 3 is 2.48 bits per heavy atom. The summed E-state index contributed by atoms with van der Waals surface area (Å²) in [5.41, 5.74) is 1.35. The van der Waals surface area contributed by atoms with Crippen molar-refractivity contribution in [3.05, 3.63) is 72.3 Å². The lowest BCUT2D eigenvalue weighted by atomic mass is 9.77. The topological polar surface area (TPSA) is 73.0 Å². The van der Waals surface area contributed by atoms with Gasteiger partial charge in [-0.15, -0.1) is 0 Å². The number of hydrogen-bond donors (Lipinski definition) is 0. The zero-order valence-corrected chi connectivity index (χ0v) is 15.5. The third kappa shape index (κ3) is 4.09. The van der Waals surface area contributed by atoms with Crippen LogP contribution >= 0.6 is 0 Å². The summed E-state index contributed by atoms with van der Waals surface area (Å²) in [6.45, 7) is 0.445. The zero-order chi connectivity index (χ0) is 19.1. The van der Waals surface area contributed by atoms with Crippen molar-refractivity contribution in [2.45, 2.75) is 24.8 Å². The van der Waals surface area contributed by atoms with Gasteiger partial charge in [0.25, 0.3) is 0 Å². The lowest BCUT2D eigenvalue weighted by molar-refractivity contribution is 0.354. The molecule has 0 radical (unpaired) electrons. The van der Waals surface area contributed by atoms with Crippen molar-refractivity contribution >= 4 is 0 Å². The molecule has 0 spiro atoms. The minimum atomic E-state index is -0.706. The van der Waals surface area contributed by atoms with Gasteiger partial charge in [0.1, 0.15) is 18.1 Å². The van der Waals surface area contributed by atoms with Crippen LogP contribution in [-0.2, 0) is 18.4 Å². The molecule has 0 saturated carbocycles. The van der Waals surface area contributed by atoms with E-state index in [-0.39, 0.29) is 0 Å². The van der Waals surface area contributed by atoms with Crippen molar-refractivity contribution in [3.8, 4) is 17.6 Å². The Bertz CT molecular complexity index is 904. The fraction of sp³-hybridized carbons (Fsp3) is 0.286. The van der Waals surface area contributed by atoms with Gasteiger partial charge in [-0.25, -0.2) is 4.98 Å². The molecule has 1 atom stereocenters. The third-order valence-electron chi connectivity index (χ3n) is 4.73. The molecule has 3 rings (SSSR count). The highest BCUT2D eigenvalue weighted by atomic mass is 16.5. The van der Waals surface area contributed by atoms with Crippen LogP contribution in [0.3, 0.4) is 0 Å². The van der Waals surface area contributed by atoms with Crippen LogP contribution in [0.5, 0.6) is 11.5 Å². The largest absolute Gasteiger partial charge is 0.493 e. The molecule has 27 heavy (non-hydrogen) atoms. The second kappa shape index (κ2) is 8.37. The molecule has 0 saturated heterocycles. The van der Waals surface area contributed by atoms with Crippen molar-refractivity contribution < 1.29 is 9.47 Å². The molecule has 0 fully saturated rings. The van der Waals surface area contributed by atoms with Crippen LogP contribution in [0.1, 0.15) is 17.5 Å². The van der Waals surface area contributed by atoms with E-state index in [1.807, 2.05) is 48.5 Å². The molecule has 0 aliphatic carbocycles. The minimum absolute atomic E-state index is 0.445. The number of aromatic nitrogens is 3. The normalized spacial score (nSPS) is 12.8. The highest BCUT2D eigenvalue weighted by Gasteiger charge is 2.33. The molecule has 138 valence electrons. The summed E-state index contributed by atoms with van der Waals surface area (Å²) in [4.78, 5) is 4.01. The Morgan fingerprint density at radius 1 is 1.07 bits per heavy atom. The summed E-state index contributed by atoms with van der Waals surface area (Å²) in [7, 11) is 3.24. The van der Waals surface area contributed by atoms with E-state index < -0.39 is 5.41 Å².